The van der Waals surface area contributed by atoms with Gasteiger partial charge in [0.25, 0.3) is 0 Å². The molecule has 362 valence electrons. The van der Waals surface area contributed by atoms with Crippen LogP contribution in [0.4, 0.5) is 0 Å². The number of ether oxygens (including phenoxy) is 2. The topological polar surface area (TPSA) is 72.8 Å². The van der Waals surface area contributed by atoms with Gasteiger partial charge in [0.2, 0.25) is 0 Å². The van der Waals surface area contributed by atoms with Crippen LogP contribution in [0.15, 0.2) is 48.6 Å². The molecule has 0 aliphatic carbocycles. The molecule has 62 heavy (non-hydrogen) atoms. The average Bonchev–Trinajstić information content (AvgIpc) is 3.28. The molecule has 0 radical (unpaired) electrons. The summed E-state index contributed by atoms with van der Waals surface area (Å²) in [5, 5.41) is 9.64. The van der Waals surface area contributed by atoms with Crippen LogP contribution in [0.3, 0.4) is 0 Å². The molecule has 0 aromatic rings. The normalized spacial score (nSPS) is 12.5. The number of allylic oxidation sites excluding steroid dienone is 8. The van der Waals surface area contributed by atoms with Crippen molar-refractivity contribution in [2.75, 3.05) is 13.2 Å². The fourth-order valence-electron chi connectivity index (χ4n) is 7.97. The third-order valence-electron chi connectivity index (χ3n) is 12.1. The lowest BCUT2D eigenvalue weighted by Gasteiger charge is -2.15. The zero-order valence-electron chi connectivity index (χ0n) is 41.4. The van der Waals surface area contributed by atoms with Crippen LogP contribution >= 0.6 is 0 Å². The minimum Gasteiger partial charge on any atom is -0.462 e. The highest BCUT2D eigenvalue weighted by Gasteiger charge is 2.16. The number of hydrogen-bond donors (Lipinski definition) is 1. The number of esters is 2. The van der Waals surface area contributed by atoms with E-state index in [4.69, 9.17) is 9.47 Å². The number of carbonyl (C=O) groups excluding carboxylic acids is 2. The number of unbranched alkanes of at least 4 members (excludes halogenated alkanes) is 34. The van der Waals surface area contributed by atoms with Gasteiger partial charge >= 0.3 is 11.9 Å². The molecule has 0 saturated heterocycles. The second kappa shape index (κ2) is 53.2. The predicted octanol–water partition coefficient (Wildman–Crippen LogP) is 18.1. The SMILES string of the molecule is CCCCC/C=C\C/C=C\CCCCCCCCCCCC(=O)OCC(CO)OC(=O)CCCCCCCCCCCCCCCCCCC/C=C\C/C=C\CCCCCCC. The molecule has 0 aromatic heterocycles. The van der Waals surface area contributed by atoms with Crippen molar-refractivity contribution in [3.05, 3.63) is 48.6 Å². The molecule has 0 aliphatic rings. The van der Waals surface area contributed by atoms with Gasteiger partial charge in [-0.05, 0) is 77.0 Å². The van der Waals surface area contributed by atoms with E-state index in [1.165, 1.54) is 205 Å². The Morgan fingerprint density at radius 2 is 0.645 bits per heavy atom. The maximum absolute atomic E-state index is 12.3. The average molecular weight is 869 g/mol. The van der Waals surface area contributed by atoms with E-state index in [9.17, 15) is 14.7 Å². The molecule has 0 fully saturated rings. The Morgan fingerprint density at radius 3 is 0.984 bits per heavy atom. The van der Waals surface area contributed by atoms with Crippen molar-refractivity contribution in [2.45, 2.75) is 290 Å². The van der Waals surface area contributed by atoms with Gasteiger partial charge in [0.1, 0.15) is 6.61 Å². The Labute approximate surface area is 386 Å². The summed E-state index contributed by atoms with van der Waals surface area (Å²) in [7, 11) is 0. The van der Waals surface area contributed by atoms with Gasteiger partial charge < -0.3 is 14.6 Å². The number of hydrogen-bond acceptors (Lipinski definition) is 5. The largest absolute Gasteiger partial charge is 0.462 e. The molecule has 0 amide bonds. The van der Waals surface area contributed by atoms with E-state index in [2.05, 4.69) is 62.5 Å². The molecule has 1 N–H and O–H groups in total. The van der Waals surface area contributed by atoms with Crippen LogP contribution in [0.1, 0.15) is 284 Å². The van der Waals surface area contributed by atoms with Crippen molar-refractivity contribution in [3.8, 4) is 0 Å². The van der Waals surface area contributed by atoms with Gasteiger partial charge in [-0.3, -0.25) is 9.59 Å². The predicted molar refractivity (Wildman–Crippen MR) is 270 cm³/mol. The summed E-state index contributed by atoms with van der Waals surface area (Å²) < 4.78 is 10.7. The van der Waals surface area contributed by atoms with Crippen LogP contribution in [0.2, 0.25) is 0 Å². The standard InChI is InChI=1S/C57H104O5/c1-3-5-7-9-11-13-15-17-19-21-23-24-25-26-27-28-29-30-31-32-34-36-38-40-42-44-46-48-50-52-57(60)62-55(53-58)54-61-56(59)51-49-47-45-43-41-39-37-35-33-22-20-18-16-14-12-10-8-6-4-2/h12,14-15,17-18,20-21,23,55,58H,3-11,13,16,19,22,24-54H2,1-2H3/b14-12-,17-15-,20-18-,23-21-. The summed E-state index contributed by atoms with van der Waals surface area (Å²) >= 11 is 0. The summed E-state index contributed by atoms with van der Waals surface area (Å²) in [6, 6.07) is 0. The third-order valence-corrected chi connectivity index (χ3v) is 12.1. The highest BCUT2D eigenvalue weighted by Crippen LogP contribution is 2.16. The monoisotopic (exact) mass is 869 g/mol. The van der Waals surface area contributed by atoms with Crippen molar-refractivity contribution >= 4 is 11.9 Å². The van der Waals surface area contributed by atoms with E-state index >= 15 is 0 Å². The molecule has 5 nitrogen and oxygen atoms in total. The summed E-state index contributed by atoms with van der Waals surface area (Å²) in [4.78, 5) is 24.5. The number of carbonyl (C=O) groups is 2. The fourth-order valence-corrected chi connectivity index (χ4v) is 7.97. The minimum atomic E-state index is -0.773. The van der Waals surface area contributed by atoms with Crippen LogP contribution in [0, 0.1) is 0 Å². The minimum absolute atomic E-state index is 0.0659. The van der Waals surface area contributed by atoms with E-state index in [1.807, 2.05) is 0 Å². The third kappa shape index (κ3) is 50.5. The lowest BCUT2D eigenvalue weighted by molar-refractivity contribution is -0.161. The second-order valence-electron chi connectivity index (χ2n) is 18.3. The van der Waals surface area contributed by atoms with E-state index in [1.54, 1.807) is 0 Å². The molecular formula is C57H104O5. The zero-order chi connectivity index (χ0) is 44.9. The Kier molecular flexibility index (Phi) is 51.4. The van der Waals surface area contributed by atoms with Crippen molar-refractivity contribution in [3.63, 3.8) is 0 Å². The van der Waals surface area contributed by atoms with Crippen molar-refractivity contribution in [1.29, 1.82) is 0 Å². The molecular weight excluding hydrogens is 765 g/mol. The molecule has 0 aliphatic heterocycles. The molecule has 0 rings (SSSR count). The first-order chi connectivity index (χ1) is 30.6. The first kappa shape index (κ1) is 59.9. The van der Waals surface area contributed by atoms with Crippen LogP contribution in [0.25, 0.3) is 0 Å². The fraction of sp³-hybridized carbons (Fsp3) is 0.825. The Hall–Kier alpha value is -2.14. The molecule has 1 atom stereocenters. The van der Waals surface area contributed by atoms with Crippen molar-refractivity contribution in [2.24, 2.45) is 0 Å². The summed E-state index contributed by atoms with van der Waals surface area (Å²) in [5.74, 6) is -0.584. The molecule has 0 spiro atoms. The molecule has 0 aromatic carbocycles. The van der Waals surface area contributed by atoms with Gasteiger partial charge in [0.15, 0.2) is 6.10 Å². The van der Waals surface area contributed by atoms with Gasteiger partial charge in [-0.1, -0.05) is 242 Å². The van der Waals surface area contributed by atoms with Gasteiger partial charge in [-0.15, -0.1) is 0 Å². The van der Waals surface area contributed by atoms with E-state index in [0.717, 1.165) is 51.4 Å². The summed E-state index contributed by atoms with van der Waals surface area (Å²) in [6.45, 7) is 4.13. The van der Waals surface area contributed by atoms with E-state index in [-0.39, 0.29) is 25.2 Å². The maximum atomic E-state index is 12.3. The van der Waals surface area contributed by atoms with Crippen LogP contribution in [-0.4, -0.2) is 36.4 Å². The van der Waals surface area contributed by atoms with E-state index < -0.39 is 6.10 Å². The van der Waals surface area contributed by atoms with Crippen molar-refractivity contribution in [1.82, 2.24) is 0 Å². The van der Waals surface area contributed by atoms with Gasteiger partial charge in [-0.25, -0.2) is 0 Å². The lowest BCUT2D eigenvalue weighted by atomic mass is 10.0. The van der Waals surface area contributed by atoms with Crippen LogP contribution < -0.4 is 0 Å². The highest BCUT2D eigenvalue weighted by atomic mass is 16.6. The Bertz CT molecular complexity index is 1030. The quantitative estimate of drug-likeness (QED) is 0.0375. The smallest absolute Gasteiger partial charge is 0.306 e. The highest BCUT2D eigenvalue weighted by molar-refractivity contribution is 5.70. The zero-order valence-corrected chi connectivity index (χ0v) is 41.4. The van der Waals surface area contributed by atoms with Crippen LogP contribution in [-0.2, 0) is 19.1 Å². The maximum Gasteiger partial charge on any atom is 0.306 e. The molecule has 5 heteroatoms. The second-order valence-corrected chi connectivity index (χ2v) is 18.3. The first-order valence-corrected chi connectivity index (χ1v) is 27.2. The van der Waals surface area contributed by atoms with Crippen LogP contribution in [0.5, 0.6) is 0 Å². The summed E-state index contributed by atoms with van der Waals surface area (Å²) in [5.41, 5.74) is 0. The number of rotatable bonds is 50. The van der Waals surface area contributed by atoms with Crippen molar-refractivity contribution < 1.29 is 24.2 Å². The van der Waals surface area contributed by atoms with Gasteiger partial charge in [0.05, 0.1) is 6.61 Å². The van der Waals surface area contributed by atoms with Gasteiger partial charge in [0, 0.05) is 12.8 Å². The lowest BCUT2D eigenvalue weighted by Crippen LogP contribution is -2.28. The molecule has 0 heterocycles. The number of aliphatic hydroxyl groups excluding tert-OH is 1. The van der Waals surface area contributed by atoms with Gasteiger partial charge in [-0.2, -0.15) is 0 Å². The molecule has 0 bridgehead atoms. The molecule has 1 unspecified atom stereocenters. The van der Waals surface area contributed by atoms with E-state index in [0.29, 0.717) is 12.8 Å². The number of aliphatic hydroxyl groups is 1. The Balaban J connectivity index is 3.46. The Morgan fingerprint density at radius 1 is 0.371 bits per heavy atom. The first-order valence-electron chi connectivity index (χ1n) is 27.2. The summed E-state index contributed by atoms with van der Waals surface area (Å²) in [6.07, 6.45) is 69.3. The molecule has 0 saturated carbocycles.